The van der Waals surface area contributed by atoms with Crippen LogP contribution in [0.3, 0.4) is 0 Å². The molecule has 1 aromatic rings. The molecule has 0 spiro atoms. The van der Waals surface area contributed by atoms with Crippen LogP contribution < -0.4 is 0 Å². The fraction of sp³-hybridized carbons (Fsp3) is 0.475. The summed E-state index contributed by atoms with van der Waals surface area (Å²) in [5.41, 5.74) is 12.9. The summed E-state index contributed by atoms with van der Waals surface area (Å²) in [4.78, 5) is 14.2. The summed E-state index contributed by atoms with van der Waals surface area (Å²) in [5.74, 6) is 0.508. The van der Waals surface area contributed by atoms with Gasteiger partial charge < -0.3 is 4.90 Å². The van der Waals surface area contributed by atoms with Crippen LogP contribution in [0.15, 0.2) is 100 Å². The number of carbonyl (C=O) groups excluding carboxylic acids is 1. The molecule has 226 valence electrons. The highest BCUT2D eigenvalue weighted by atomic mass is 16.1. The van der Waals surface area contributed by atoms with Gasteiger partial charge in [0.15, 0.2) is 6.29 Å². The number of rotatable bonds is 15. The van der Waals surface area contributed by atoms with Crippen molar-refractivity contribution in [2.24, 2.45) is 5.92 Å². The molecule has 0 amide bonds. The van der Waals surface area contributed by atoms with Gasteiger partial charge in [0.1, 0.15) is 0 Å². The molecule has 1 atom stereocenters. The van der Waals surface area contributed by atoms with E-state index in [4.69, 9.17) is 0 Å². The second kappa shape index (κ2) is 16.5. The molecule has 0 heterocycles. The van der Waals surface area contributed by atoms with Gasteiger partial charge >= 0.3 is 0 Å². The lowest BCUT2D eigenvalue weighted by molar-refractivity contribution is 0.112. The predicted molar refractivity (Wildman–Crippen MR) is 184 cm³/mol. The topological polar surface area (TPSA) is 20.3 Å². The average molecular weight is 566 g/mol. The number of likely N-dealkylation sites (N-methyl/N-ethyl adjacent to an activating group) is 1. The zero-order valence-corrected chi connectivity index (χ0v) is 27.6. The van der Waals surface area contributed by atoms with Crippen LogP contribution >= 0.6 is 0 Å². The molecule has 0 saturated heterocycles. The Balaban J connectivity index is 2.18. The Morgan fingerprint density at radius 1 is 0.976 bits per heavy atom. The minimum atomic E-state index is 0.339. The maximum absolute atomic E-state index is 12.0. The smallest absolute Gasteiger partial charge is 0.150 e. The highest BCUT2D eigenvalue weighted by Crippen LogP contribution is 2.41. The van der Waals surface area contributed by atoms with E-state index in [0.29, 0.717) is 12.0 Å². The van der Waals surface area contributed by atoms with Gasteiger partial charge in [0.05, 0.1) is 0 Å². The summed E-state index contributed by atoms with van der Waals surface area (Å²) in [7, 11) is 2.14. The third-order valence-electron chi connectivity index (χ3n) is 9.36. The van der Waals surface area contributed by atoms with E-state index in [1.165, 1.54) is 53.5 Å². The summed E-state index contributed by atoms with van der Waals surface area (Å²) in [6.45, 7) is 18.2. The van der Waals surface area contributed by atoms with Gasteiger partial charge in [-0.25, -0.2) is 0 Å². The van der Waals surface area contributed by atoms with E-state index in [9.17, 15) is 4.79 Å². The van der Waals surface area contributed by atoms with Crippen molar-refractivity contribution < 1.29 is 4.79 Å². The fourth-order valence-electron chi connectivity index (χ4n) is 6.39. The first kappa shape index (κ1) is 33.4. The van der Waals surface area contributed by atoms with Crippen molar-refractivity contribution in [2.75, 3.05) is 7.05 Å². The van der Waals surface area contributed by atoms with Crippen molar-refractivity contribution in [1.29, 1.82) is 0 Å². The van der Waals surface area contributed by atoms with Crippen molar-refractivity contribution in [3.05, 3.63) is 111 Å². The molecule has 0 aliphatic heterocycles. The van der Waals surface area contributed by atoms with Crippen LogP contribution in [0.25, 0.3) is 5.57 Å². The van der Waals surface area contributed by atoms with Crippen LogP contribution in [0, 0.1) is 5.92 Å². The Kier molecular flexibility index (Phi) is 13.1. The van der Waals surface area contributed by atoms with Gasteiger partial charge in [-0.1, -0.05) is 100 Å². The van der Waals surface area contributed by atoms with Crippen LogP contribution in [0.2, 0.25) is 0 Å². The second-order valence-corrected chi connectivity index (χ2v) is 12.3. The van der Waals surface area contributed by atoms with E-state index in [1.54, 1.807) is 11.1 Å². The molecule has 3 rings (SSSR count). The number of carbonyl (C=O) groups is 1. The van der Waals surface area contributed by atoms with Crippen molar-refractivity contribution in [1.82, 2.24) is 4.90 Å². The normalized spacial score (nSPS) is 17.7. The van der Waals surface area contributed by atoms with Crippen LogP contribution in [-0.2, 0) is 0 Å². The van der Waals surface area contributed by atoms with Crippen LogP contribution in [0.1, 0.15) is 122 Å². The highest BCUT2D eigenvalue weighted by molar-refractivity contribution is 5.88. The minimum absolute atomic E-state index is 0.339. The molecule has 2 nitrogen and oxygen atoms in total. The first-order chi connectivity index (χ1) is 20.3. The quantitative estimate of drug-likeness (QED) is 0.120. The van der Waals surface area contributed by atoms with Crippen molar-refractivity contribution >= 4 is 11.9 Å². The van der Waals surface area contributed by atoms with Crippen LogP contribution in [-0.4, -0.2) is 24.3 Å². The van der Waals surface area contributed by atoms with E-state index in [-0.39, 0.29) is 0 Å². The van der Waals surface area contributed by atoms with Gasteiger partial charge in [-0.05, 0) is 112 Å². The molecule has 0 saturated carbocycles. The number of allylic oxidation sites excluding steroid dienone is 11. The molecule has 0 N–H and O–H groups in total. The van der Waals surface area contributed by atoms with Gasteiger partial charge in [0, 0.05) is 29.9 Å². The minimum Gasteiger partial charge on any atom is -0.372 e. The Labute approximate surface area is 257 Å². The summed E-state index contributed by atoms with van der Waals surface area (Å²) in [6.07, 6.45) is 23.9. The second-order valence-electron chi connectivity index (χ2n) is 12.3. The number of hydrogen-bond acceptors (Lipinski definition) is 2. The van der Waals surface area contributed by atoms with Crippen LogP contribution in [0.5, 0.6) is 0 Å². The van der Waals surface area contributed by atoms with Crippen molar-refractivity contribution in [3.63, 3.8) is 0 Å². The number of aldehydes is 1. The molecule has 2 aliphatic rings. The van der Waals surface area contributed by atoms with E-state index in [2.05, 4.69) is 96.5 Å². The fourth-order valence-corrected chi connectivity index (χ4v) is 6.39. The molecule has 0 aromatic heterocycles. The van der Waals surface area contributed by atoms with E-state index < -0.39 is 0 Å². The Morgan fingerprint density at radius 3 is 2.36 bits per heavy atom. The third-order valence-corrected chi connectivity index (χ3v) is 9.36. The van der Waals surface area contributed by atoms with Gasteiger partial charge in [-0.15, -0.1) is 0 Å². The maximum Gasteiger partial charge on any atom is 0.150 e. The molecule has 42 heavy (non-hydrogen) atoms. The number of benzene rings is 1. The Morgan fingerprint density at radius 2 is 1.69 bits per heavy atom. The third kappa shape index (κ3) is 8.24. The summed E-state index contributed by atoms with van der Waals surface area (Å²) >= 11 is 0. The van der Waals surface area contributed by atoms with Gasteiger partial charge in [0.25, 0.3) is 0 Å². The van der Waals surface area contributed by atoms with Crippen molar-refractivity contribution in [2.45, 2.75) is 112 Å². The van der Waals surface area contributed by atoms with E-state index >= 15 is 0 Å². The maximum atomic E-state index is 12.0. The zero-order valence-electron chi connectivity index (χ0n) is 27.6. The van der Waals surface area contributed by atoms with E-state index in [1.807, 2.05) is 18.2 Å². The molecule has 1 aromatic carbocycles. The lowest BCUT2D eigenvalue weighted by atomic mass is 9.88. The number of nitrogens with zero attached hydrogens (tertiary/aromatic N) is 1. The molecule has 0 fully saturated rings. The largest absolute Gasteiger partial charge is 0.372 e. The van der Waals surface area contributed by atoms with Crippen LogP contribution in [0.4, 0.5) is 0 Å². The standard InChI is InChI=1S/C40H55NO/c1-9-12-22-36(30(6)10-2)34(27-33-20-15-19-32(33)11-3)21-16-24-37(31(7)41(8)29(4)5)39-25-17-26-40(39)38-23-14-13-18-35(38)28-42/h12-14,16,18,21-24,28-30H,7,9-11,15,17,19-20,25-27H2,1-6,8H3/b21-16+,22-12-,36-34-,37-24+. The zero-order chi connectivity index (χ0) is 30.6. The van der Waals surface area contributed by atoms with E-state index in [0.717, 1.165) is 61.6 Å². The molecule has 0 bridgehead atoms. The summed E-state index contributed by atoms with van der Waals surface area (Å²) < 4.78 is 0. The van der Waals surface area contributed by atoms with Gasteiger partial charge in [-0.3, -0.25) is 4.79 Å². The first-order valence-corrected chi connectivity index (χ1v) is 16.4. The predicted octanol–water partition coefficient (Wildman–Crippen LogP) is 11.4. The first-order valence-electron chi connectivity index (χ1n) is 16.4. The Hall–Kier alpha value is -3.13. The van der Waals surface area contributed by atoms with Gasteiger partial charge in [0.2, 0.25) is 0 Å². The lowest BCUT2D eigenvalue weighted by Crippen LogP contribution is -2.26. The number of hydrogen-bond donors (Lipinski definition) is 0. The van der Waals surface area contributed by atoms with Gasteiger partial charge in [-0.2, -0.15) is 0 Å². The molecule has 2 aliphatic carbocycles. The monoisotopic (exact) mass is 565 g/mol. The molecular weight excluding hydrogens is 510 g/mol. The SMILES string of the molecule is C=C(\C(=C/C=C/C(CC1=C(CC)CCC1)=C(\C=C/CC)C(C)CC)C1=C(c2ccccc2C=O)CCC1)N(C)C(C)C. The average Bonchev–Trinajstić information content (AvgIpc) is 3.67. The summed E-state index contributed by atoms with van der Waals surface area (Å²) in [5, 5.41) is 0. The molecule has 2 heteroatoms. The lowest BCUT2D eigenvalue weighted by Gasteiger charge is -2.29. The molecule has 1 unspecified atom stereocenters. The Bertz CT molecular complexity index is 1290. The summed E-state index contributed by atoms with van der Waals surface area (Å²) in [6, 6.07) is 8.37. The molecule has 0 radical (unpaired) electrons. The molecular formula is C40H55NO. The highest BCUT2D eigenvalue weighted by Gasteiger charge is 2.24. The van der Waals surface area contributed by atoms with Crippen molar-refractivity contribution in [3.8, 4) is 0 Å².